The molecule has 5 aromatic heterocycles. The van der Waals surface area contributed by atoms with Crippen LogP contribution in [0.25, 0.3) is 27.6 Å². The number of benzene rings is 6. The van der Waals surface area contributed by atoms with E-state index in [2.05, 4.69) is 66.7 Å². The molecule has 6 aromatic carbocycles. The SMILES string of the molecule is C=CC(=O)Nc1ccccc1Cc1ncc2c(ccn2C(=O)c2c(Cl)c(OC)cc(OC)c2Cl)n1.C=CC(=O)Nc1ccccc1Cc1ncc2c(ccn2C(=O)c2c(F)c(OC)cc(OC)c2F)n1.C=CC(=O)Nc1ccccc1Cc1ncc2c(n1)CC=C2Cc1c(Cl)c(OC)cc(OC)c1Cl. The zero-order valence-corrected chi connectivity index (χ0v) is 59.5. The standard InChI is InChI=1S/C26H23Cl2N3O3.C25H20Cl2N4O4.C25H20F2N4O4/c1-4-24(32)31-19-8-6-5-7-16(19)12-23-29-14-18-15(9-10-20(18)30-23)11-17-25(27)21(33-2)13-22(34-3)26(17)28;2*1-4-21(32)30-15-8-6-5-7-14(15)11-20-28-13-17-16(29-20)9-10-31(17)25(33)22-23(26)18(34-2)12-19(35-3)24(22)27/h4-9,13-14H,1,10-12H2,2-3H3,(H,31,32);2*4-10,12-13H,1,11H2,2-3H3,(H,30,32). The number of nitrogens with one attached hydrogen (secondary N) is 3. The number of rotatable bonds is 22. The number of halogens is 6. The first-order chi connectivity index (χ1) is 50.2. The Labute approximate surface area is 614 Å². The van der Waals surface area contributed by atoms with Crippen molar-refractivity contribution in [3.8, 4) is 34.5 Å². The largest absolute Gasteiger partial charge is 0.495 e. The van der Waals surface area contributed by atoms with Gasteiger partial charge in [-0.05, 0) is 70.8 Å². The van der Waals surface area contributed by atoms with Crippen LogP contribution in [0.2, 0.25) is 20.1 Å². The monoisotopic (exact) mass is 1480 g/mol. The van der Waals surface area contributed by atoms with Gasteiger partial charge in [0.05, 0.1) is 108 Å². The third-order valence-electron chi connectivity index (χ3n) is 16.3. The number of allylic oxidation sites excluding steroid dienone is 2. The lowest BCUT2D eigenvalue weighted by Crippen LogP contribution is -2.16. The van der Waals surface area contributed by atoms with E-state index in [1.807, 2.05) is 60.8 Å². The fraction of sp³-hybridized carbons (Fsp3) is 0.145. The van der Waals surface area contributed by atoms with Crippen molar-refractivity contribution >= 4 is 121 Å². The number of hydrogen-bond donors (Lipinski definition) is 3. The number of aromatic nitrogens is 8. The van der Waals surface area contributed by atoms with Crippen molar-refractivity contribution in [2.45, 2.75) is 32.1 Å². The minimum Gasteiger partial charge on any atom is -0.495 e. The van der Waals surface area contributed by atoms with Gasteiger partial charge in [0.25, 0.3) is 11.8 Å². The number of carbonyl (C=O) groups excluding carboxylic acids is 5. The number of fused-ring (bicyclic) bond motifs is 3. The Morgan fingerprint density at radius 2 is 0.827 bits per heavy atom. The van der Waals surface area contributed by atoms with Gasteiger partial charge in [0.2, 0.25) is 17.7 Å². The molecule has 11 aromatic rings. The van der Waals surface area contributed by atoms with Crippen LogP contribution in [-0.2, 0) is 46.5 Å². The molecular weight excluding hydrogens is 1420 g/mol. The molecule has 104 heavy (non-hydrogen) atoms. The van der Waals surface area contributed by atoms with Crippen molar-refractivity contribution in [3.63, 3.8) is 0 Å². The highest BCUT2D eigenvalue weighted by Crippen LogP contribution is 2.44. The van der Waals surface area contributed by atoms with Crippen molar-refractivity contribution in [1.29, 1.82) is 0 Å². The molecule has 12 rings (SSSR count). The van der Waals surface area contributed by atoms with Gasteiger partial charge in [0, 0.05) is 97.1 Å². The van der Waals surface area contributed by atoms with E-state index in [0.29, 0.717) is 105 Å². The molecule has 22 nitrogen and oxygen atoms in total. The first kappa shape index (κ1) is 74.8. The van der Waals surface area contributed by atoms with E-state index in [9.17, 15) is 32.8 Å². The van der Waals surface area contributed by atoms with Gasteiger partial charge in [0.15, 0.2) is 23.1 Å². The highest BCUT2D eigenvalue weighted by Gasteiger charge is 2.30. The number of amides is 3. The van der Waals surface area contributed by atoms with Crippen molar-refractivity contribution in [2.24, 2.45) is 0 Å². The maximum Gasteiger partial charge on any atom is 0.268 e. The minimum atomic E-state index is -1.15. The maximum absolute atomic E-state index is 14.8. The second-order valence-corrected chi connectivity index (χ2v) is 23.9. The second-order valence-electron chi connectivity index (χ2n) is 22.4. The predicted molar refractivity (Wildman–Crippen MR) is 395 cm³/mol. The molecule has 3 N–H and O–H groups in total. The summed E-state index contributed by atoms with van der Waals surface area (Å²) >= 11 is 26.0. The first-order valence-electron chi connectivity index (χ1n) is 31.3. The van der Waals surface area contributed by atoms with Crippen LogP contribution in [0.3, 0.4) is 0 Å². The lowest BCUT2D eigenvalue weighted by molar-refractivity contribution is -0.112. The molecular formula is C76H63Cl4F2N11O11. The summed E-state index contributed by atoms with van der Waals surface area (Å²) in [5.74, 6) is -2.19. The molecule has 0 radical (unpaired) electrons. The summed E-state index contributed by atoms with van der Waals surface area (Å²) < 4.78 is 63.2. The molecule has 5 heterocycles. The van der Waals surface area contributed by atoms with Gasteiger partial charge in [-0.25, -0.2) is 38.7 Å². The van der Waals surface area contributed by atoms with Crippen LogP contribution in [0.4, 0.5) is 25.8 Å². The summed E-state index contributed by atoms with van der Waals surface area (Å²) in [6, 6.07) is 29.5. The smallest absolute Gasteiger partial charge is 0.268 e. The lowest BCUT2D eigenvalue weighted by Gasteiger charge is -2.15. The van der Waals surface area contributed by atoms with E-state index in [1.165, 1.54) is 75.8 Å². The Hall–Kier alpha value is -11.8. The van der Waals surface area contributed by atoms with E-state index < -0.39 is 29.0 Å². The Kier molecular flexibility index (Phi) is 24.3. The quantitative estimate of drug-likeness (QED) is 0.0532. The van der Waals surface area contributed by atoms with Crippen LogP contribution in [0.1, 0.15) is 71.7 Å². The van der Waals surface area contributed by atoms with Gasteiger partial charge < -0.3 is 44.4 Å². The molecule has 3 amide bonds. The summed E-state index contributed by atoms with van der Waals surface area (Å²) in [4.78, 5) is 88.9. The lowest BCUT2D eigenvalue weighted by atomic mass is 10.0. The number of para-hydroxylation sites is 3. The molecule has 0 saturated heterocycles. The molecule has 0 fully saturated rings. The van der Waals surface area contributed by atoms with Gasteiger partial charge in [-0.15, -0.1) is 0 Å². The topological polar surface area (TPSA) is 264 Å². The Morgan fingerprint density at radius 1 is 0.471 bits per heavy atom. The highest BCUT2D eigenvalue weighted by molar-refractivity contribution is 6.42. The molecule has 28 heteroatoms. The van der Waals surface area contributed by atoms with Crippen LogP contribution < -0.4 is 44.4 Å². The van der Waals surface area contributed by atoms with E-state index in [4.69, 9.17) is 79.8 Å². The number of anilines is 3. The second kappa shape index (κ2) is 33.8. The Morgan fingerprint density at radius 3 is 1.22 bits per heavy atom. The molecule has 0 spiro atoms. The van der Waals surface area contributed by atoms with Gasteiger partial charge >= 0.3 is 0 Å². The van der Waals surface area contributed by atoms with Crippen molar-refractivity contribution in [2.75, 3.05) is 58.6 Å². The normalized spacial score (nSPS) is 11.2. The van der Waals surface area contributed by atoms with E-state index in [0.717, 1.165) is 49.7 Å². The van der Waals surface area contributed by atoms with Crippen molar-refractivity contribution in [3.05, 3.63) is 272 Å². The van der Waals surface area contributed by atoms with E-state index in [-0.39, 0.29) is 61.8 Å². The Bertz CT molecular complexity index is 4950. The molecule has 530 valence electrons. The fourth-order valence-corrected chi connectivity index (χ4v) is 12.3. The first-order valence-corrected chi connectivity index (χ1v) is 32.8. The summed E-state index contributed by atoms with van der Waals surface area (Å²) in [5, 5.41) is 9.39. The van der Waals surface area contributed by atoms with Crippen LogP contribution in [0.5, 0.6) is 34.5 Å². The molecule has 0 unspecified atom stereocenters. The molecule has 0 bridgehead atoms. The van der Waals surface area contributed by atoms with Gasteiger partial charge in [-0.3, -0.25) is 33.1 Å². The average molecular weight is 1490 g/mol. The third kappa shape index (κ3) is 16.4. The summed E-state index contributed by atoms with van der Waals surface area (Å²) in [6.45, 7) is 10.4. The average Bonchev–Trinajstić information content (AvgIpc) is 1.29. The maximum atomic E-state index is 14.8. The molecule has 1 aliphatic rings. The van der Waals surface area contributed by atoms with Gasteiger partial charge in [-0.1, -0.05) is 127 Å². The molecule has 0 atom stereocenters. The van der Waals surface area contributed by atoms with Crippen LogP contribution in [-0.4, -0.2) is 111 Å². The highest BCUT2D eigenvalue weighted by atomic mass is 35.5. The predicted octanol–water partition coefficient (Wildman–Crippen LogP) is 15.0. The number of carbonyl (C=O) groups is 5. The fourth-order valence-electron chi connectivity index (χ4n) is 11.0. The zero-order valence-electron chi connectivity index (χ0n) is 56.5. The van der Waals surface area contributed by atoms with Gasteiger partial charge in [0.1, 0.15) is 46.0 Å². The summed E-state index contributed by atoms with van der Waals surface area (Å²) in [7, 11) is 8.38. The molecule has 0 aliphatic heterocycles. The van der Waals surface area contributed by atoms with Crippen LogP contribution >= 0.6 is 46.4 Å². The number of hydrogen-bond acceptors (Lipinski definition) is 17. The van der Waals surface area contributed by atoms with Crippen molar-refractivity contribution < 1.29 is 61.2 Å². The molecule has 1 aliphatic carbocycles. The van der Waals surface area contributed by atoms with Crippen LogP contribution in [0, 0.1) is 11.6 Å². The van der Waals surface area contributed by atoms with Crippen LogP contribution in [0.15, 0.2) is 178 Å². The van der Waals surface area contributed by atoms with Crippen molar-refractivity contribution in [1.82, 2.24) is 39.0 Å². The molecule has 0 saturated carbocycles. The number of nitrogens with zero attached hydrogens (tertiary/aromatic N) is 8. The third-order valence-corrected chi connectivity index (χ3v) is 17.8. The minimum absolute atomic E-state index is 0.0398. The number of ether oxygens (including phenoxy) is 6. The summed E-state index contributed by atoms with van der Waals surface area (Å²) in [6.07, 6.45) is 15.8. The summed E-state index contributed by atoms with van der Waals surface area (Å²) in [5.41, 5.74) is 9.04. The van der Waals surface area contributed by atoms with E-state index in [1.54, 1.807) is 56.9 Å². The van der Waals surface area contributed by atoms with Gasteiger partial charge in [-0.2, -0.15) is 0 Å². The van der Waals surface area contributed by atoms with E-state index >= 15 is 0 Å². The number of methoxy groups -OCH3 is 6. The zero-order chi connectivity index (χ0) is 74.5. The Balaban J connectivity index is 0.000000167.